The van der Waals surface area contributed by atoms with Gasteiger partial charge in [-0.3, -0.25) is 9.69 Å². The summed E-state index contributed by atoms with van der Waals surface area (Å²) in [6, 6.07) is 6.54. The van der Waals surface area contributed by atoms with E-state index in [2.05, 4.69) is 9.88 Å². The number of para-hydroxylation sites is 1. The number of carbonyl (C=O) groups excluding carboxylic acids is 1. The van der Waals surface area contributed by atoms with Gasteiger partial charge in [-0.05, 0) is 26.0 Å². The summed E-state index contributed by atoms with van der Waals surface area (Å²) < 4.78 is 21.1. The van der Waals surface area contributed by atoms with E-state index in [1.807, 2.05) is 29.5 Å². The number of hydrogen-bond acceptors (Lipinski definition) is 4. The number of nitrogens with zero attached hydrogens (tertiary/aromatic N) is 4. The summed E-state index contributed by atoms with van der Waals surface area (Å²) in [6.07, 6.45) is 4.16. The number of imidazole rings is 1. The number of carbonyl (C=O) groups is 1. The summed E-state index contributed by atoms with van der Waals surface area (Å²) >= 11 is 0. The van der Waals surface area contributed by atoms with E-state index < -0.39 is 0 Å². The minimum Gasteiger partial charge on any atom is -0.489 e. The molecule has 0 radical (unpaired) electrons. The molecule has 0 saturated carbocycles. The lowest BCUT2D eigenvalue weighted by Crippen LogP contribution is -2.49. The van der Waals surface area contributed by atoms with E-state index in [0.717, 1.165) is 25.5 Å². The molecule has 7 heteroatoms. The molecular weight excluding hydrogens is 347 g/mol. The summed E-state index contributed by atoms with van der Waals surface area (Å²) in [5.74, 6) is 1.05. The summed E-state index contributed by atoms with van der Waals surface area (Å²) in [5.41, 5.74) is 0. The van der Waals surface area contributed by atoms with Gasteiger partial charge in [0.05, 0.1) is 0 Å². The van der Waals surface area contributed by atoms with Crippen molar-refractivity contribution >= 4 is 5.91 Å². The normalized spacial score (nSPS) is 16.3. The maximum Gasteiger partial charge on any atom is 0.224 e. The second-order valence-corrected chi connectivity index (χ2v) is 6.94. The summed E-state index contributed by atoms with van der Waals surface area (Å²) in [7, 11) is 0. The Morgan fingerprint density at radius 1 is 1.26 bits per heavy atom. The lowest BCUT2D eigenvalue weighted by Gasteiger charge is -2.35. The van der Waals surface area contributed by atoms with E-state index in [9.17, 15) is 9.18 Å². The van der Waals surface area contributed by atoms with E-state index in [-0.39, 0.29) is 23.5 Å². The second-order valence-electron chi connectivity index (χ2n) is 6.94. The predicted molar refractivity (Wildman–Crippen MR) is 101 cm³/mol. The van der Waals surface area contributed by atoms with Crippen LogP contribution in [-0.4, -0.2) is 64.6 Å². The zero-order valence-electron chi connectivity index (χ0n) is 16.0. The van der Waals surface area contributed by atoms with Gasteiger partial charge < -0.3 is 14.2 Å². The van der Waals surface area contributed by atoms with Gasteiger partial charge in [0.15, 0.2) is 11.6 Å². The van der Waals surface area contributed by atoms with Gasteiger partial charge in [-0.1, -0.05) is 12.1 Å². The number of benzene rings is 1. The SMILES string of the molecule is Cc1nccn1C(C)CC(=O)N1CCN(CCOc2ccccc2F)CC1. The Balaban J connectivity index is 1.39. The molecule has 1 aliphatic rings. The lowest BCUT2D eigenvalue weighted by atomic mass is 10.2. The average Bonchev–Trinajstić information content (AvgIpc) is 3.10. The molecule has 2 aromatic rings. The first-order valence-corrected chi connectivity index (χ1v) is 9.41. The molecular formula is C20H27FN4O2. The molecule has 6 nitrogen and oxygen atoms in total. The molecule has 1 aromatic carbocycles. The molecule has 0 spiro atoms. The molecule has 0 aliphatic carbocycles. The van der Waals surface area contributed by atoms with Crippen molar-refractivity contribution in [2.45, 2.75) is 26.3 Å². The smallest absolute Gasteiger partial charge is 0.224 e. The van der Waals surface area contributed by atoms with Crippen LogP contribution in [0.25, 0.3) is 0 Å². The van der Waals surface area contributed by atoms with E-state index >= 15 is 0 Å². The number of piperazine rings is 1. The highest BCUT2D eigenvalue weighted by Crippen LogP contribution is 2.17. The summed E-state index contributed by atoms with van der Waals surface area (Å²) in [5, 5.41) is 0. The largest absolute Gasteiger partial charge is 0.489 e. The number of ether oxygens (including phenoxy) is 1. The highest BCUT2D eigenvalue weighted by molar-refractivity contribution is 5.76. The third-order valence-corrected chi connectivity index (χ3v) is 5.03. The number of hydrogen-bond donors (Lipinski definition) is 0. The average molecular weight is 374 g/mol. The van der Waals surface area contributed by atoms with E-state index in [4.69, 9.17) is 4.74 Å². The molecule has 27 heavy (non-hydrogen) atoms. The molecule has 146 valence electrons. The Bertz CT molecular complexity index is 756. The minimum absolute atomic E-state index is 0.104. The fourth-order valence-corrected chi connectivity index (χ4v) is 3.40. The van der Waals surface area contributed by atoms with Crippen LogP contribution in [0, 0.1) is 12.7 Å². The van der Waals surface area contributed by atoms with E-state index in [1.54, 1.807) is 24.4 Å². The molecule has 3 rings (SSSR count). The van der Waals surface area contributed by atoms with Crippen LogP contribution < -0.4 is 4.74 Å². The molecule has 2 heterocycles. The number of rotatable bonds is 7. The maximum atomic E-state index is 13.5. The number of amides is 1. The Kier molecular flexibility index (Phi) is 6.45. The molecule has 1 saturated heterocycles. The quantitative estimate of drug-likeness (QED) is 0.747. The van der Waals surface area contributed by atoms with Crippen molar-refractivity contribution in [1.29, 1.82) is 0 Å². The molecule has 1 atom stereocenters. The first-order valence-electron chi connectivity index (χ1n) is 9.41. The van der Waals surface area contributed by atoms with E-state index in [1.165, 1.54) is 6.07 Å². The molecule has 1 aromatic heterocycles. The van der Waals surface area contributed by atoms with Crippen molar-refractivity contribution in [3.63, 3.8) is 0 Å². The predicted octanol–water partition coefficient (Wildman–Crippen LogP) is 2.50. The highest BCUT2D eigenvalue weighted by Gasteiger charge is 2.23. The van der Waals surface area contributed by atoms with Gasteiger partial charge in [0, 0.05) is 57.6 Å². The Hall–Kier alpha value is -2.41. The highest BCUT2D eigenvalue weighted by atomic mass is 19.1. The van der Waals surface area contributed by atoms with Crippen LogP contribution in [0.4, 0.5) is 4.39 Å². The number of halogens is 1. The van der Waals surface area contributed by atoms with Gasteiger partial charge in [-0.2, -0.15) is 0 Å². The van der Waals surface area contributed by atoms with Gasteiger partial charge in [-0.25, -0.2) is 9.37 Å². The topological polar surface area (TPSA) is 50.6 Å². The third kappa shape index (κ3) is 5.07. The molecule has 1 unspecified atom stereocenters. The number of aryl methyl sites for hydroxylation is 1. The van der Waals surface area contributed by atoms with Gasteiger partial charge in [0.2, 0.25) is 5.91 Å². The van der Waals surface area contributed by atoms with Crippen LogP contribution in [0.15, 0.2) is 36.7 Å². The van der Waals surface area contributed by atoms with Crippen molar-refractivity contribution in [2.24, 2.45) is 0 Å². The molecule has 1 fully saturated rings. The van der Waals surface area contributed by atoms with Gasteiger partial charge in [-0.15, -0.1) is 0 Å². The summed E-state index contributed by atoms with van der Waals surface area (Å²) in [4.78, 5) is 21.0. The van der Waals surface area contributed by atoms with Crippen molar-refractivity contribution in [2.75, 3.05) is 39.3 Å². The number of aromatic nitrogens is 2. The lowest BCUT2D eigenvalue weighted by molar-refractivity contribution is -0.133. The molecule has 1 aliphatic heterocycles. The Morgan fingerprint density at radius 3 is 2.67 bits per heavy atom. The van der Waals surface area contributed by atoms with Crippen LogP contribution in [0.5, 0.6) is 5.75 Å². The van der Waals surface area contributed by atoms with E-state index in [0.29, 0.717) is 26.1 Å². The van der Waals surface area contributed by atoms with Crippen LogP contribution >= 0.6 is 0 Å². The summed E-state index contributed by atoms with van der Waals surface area (Å²) in [6.45, 7) is 8.21. The van der Waals surface area contributed by atoms with Crippen molar-refractivity contribution in [3.8, 4) is 5.75 Å². The zero-order chi connectivity index (χ0) is 19.2. The van der Waals surface area contributed by atoms with Gasteiger partial charge in [0.25, 0.3) is 0 Å². The zero-order valence-corrected chi connectivity index (χ0v) is 16.0. The fourth-order valence-electron chi connectivity index (χ4n) is 3.40. The first-order chi connectivity index (χ1) is 13.0. The minimum atomic E-state index is -0.338. The third-order valence-electron chi connectivity index (χ3n) is 5.03. The molecule has 0 N–H and O–H groups in total. The maximum absolute atomic E-state index is 13.5. The molecule has 1 amide bonds. The van der Waals surface area contributed by atoms with Crippen molar-refractivity contribution in [1.82, 2.24) is 19.4 Å². The fraction of sp³-hybridized carbons (Fsp3) is 0.500. The Labute approximate surface area is 159 Å². The second kappa shape index (κ2) is 8.99. The van der Waals surface area contributed by atoms with Gasteiger partial charge >= 0.3 is 0 Å². The van der Waals surface area contributed by atoms with Crippen LogP contribution in [0.3, 0.4) is 0 Å². The van der Waals surface area contributed by atoms with Crippen LogP contribution in [-0.2, 0) is 4.79 Å². The Morgan fingerprint density at radius 2 is 2.00 bits per heavy atom. The standard InChI is InChI=1S/C20H27FN4O2/c1-16(25-8-7-22-17(25)2)15-20(26)24-11-9-23(10-12-24)13-14-27-19-6-4-3-5-18(19)21/h3-8,16H,9-15H2,1-2H3. The monoisotopic (exact) mass is 374 g/mol. The van der Waals surface area contributed by atoms with Crippen LogP contribution in [0.1, 0.15) is 25.2 Å². The first kappa shape index (κ1) is 19.4. The van der Waals surface area contributed by atoms with Crippen molar-refractivity contribution in [3.05, 3.63) is 48.3 Å². The van der Waals surface area contributed by atoms with Gasteiger partial charge in [0.1, 0.15) is 12.4 Å². The van der Waals surface area contributed by atoms with Crippen molar-refractivity contribution < 1.29 is 13.9 Å². The van der Waals surface area contributed by atoms with Crippen LogP contribution in [0.2, 0.25) is 0 Å². The molecule has 0 bridgehead atoms.